The third-order valence-corrected chi connectivity index (χ3v) is 3.62. The van der Waals surface area contributed by atoms with Crippen molar-refractivity contribution in [3.8, 4) is 0 Å². The molecule has 4 heteroatoms. The summed E-state index contributed by atoms with van der Waals surface area (Å²) < 4.78 is 0. The van der Waals surface area contributed by atoms with Gasteiger partial charge in [0.25, 0.3) is 0 Å². The number of rotatable bonds is 9. The van der Waals surface area contributed by atoms with Crippen molar-refractivity contribution in [2.24, 2.45) is 0 Å². The normalized spacial score (nSPS) is 10.4. The number of hydrogen-bond donors (Lipinski definition) is 2. The third kappa shape index (κ3) is 7.23. The Morgan fingerprint density at radius 1 is 1.32 bits per heavy atom. The molecule has 0 fully saturated rings. The largest absolute Gasteiger partial charge is 0.356 e. The van der Waals surface area contributed by atoms with Crippen molar-refractivity contribution in [3.05, 3.63) is 29.8 Å². The Bertz CT molecular complexity index is 382. The van der Waals surface area contributed by atoms with Gasteiger partial charge in [-0.15, -0.1) is 11.8 Å². The Kier molecular flexibility index (Phi) is 8.34. The molecule has 0 atom stereocenters. The van der Waals surface area contributed by atoms with Crippen LogP contribution in [0.1, 0.15) is 32.3 Å². The van der Waals surface area contributed by atoms with E-state index in [1.165, 1.54) is 10.5 Å². The highest BCUT2D eigenvalue weighted by atomic mass is 32.2. The monoisotopic (exact) mass is 280 g/mol. The standard InChI is InChI=1S/C15H24N2OS/c1-3-9-16-12-13-6-5-7-14(11-13)19-10-8-15(18)17-4-2/h5-7,11,16H,3-4,8-10,12H2,1-2H3,(H,17,18). The van der Waals surface area contributed by atoms with Gasteiger partial charge in [-0.3, -0.25) is 4.79 Å². The van der Waals surface area contributed by atoms with E-state index in [1.54, 1.807) is 11.8 Å². The van der Waals surface area contributed by atoms with Crippen molar-refractivity contribution in [2.75, 3.05) is 18.8 Å². The number of carbonyl (C=O) groups excluding carboxylic acids is 1. The maximum absolute atomic E-state index is 11.3. The van der Waals surface area contributed by atoms with E-state index >= 15 is 0 Å². The number of hydrogen-bond acceptors (Lipinski definition) is 3. The van der Waals surface area contributed by atoms with Gasteiger partial charge in [0.05, 0.1) is 0 Å². The molecule has 0 bridgehead atoms. The van der Waals surface area contributed by atoms with E-state index in [4.69, 9.17) is 0 Å². The number of thioether (sulfide) groups is 1. The van der Waals surface area contributed by atoms with Crippen molar-refractivity contribution in [2.45, 2.75) is 38.1 Å². The van der Waals surface area contributed by atoms with E-state index in [0.29, 0.717) is 13.0 Å². The second-order valence-corrected chi connectivity index (χ2v) is 5.54. The predicted molar refractivity (Wildman–Crippen MR) is 82.5 cm³/mol. The van der Waals surface area contributed by atoms with Gasteiger partial charge in [0.2, 0.25) is 5.91 Å². The van der Waals surface area contributed by atoms with Crippen molar-refractivity contribution in [1.29, 1.82) is 0 Å². The fraction of sp³-hybridized carbons (Fsp3) is 0.533. The van der Waals surface area contributed by atoms with Crippen LogP contribution in [0.15, 0.2) is 29.2 Å². The molecule has 0 spiro atoms. The number of amides is 1. The summed E-state index contributed by atoms with van der Waals surface area (Å²) in [5.74, 6) is 0.966. The molecule has 0 saturated heterocycles. The molecule has 1 aromatic rings. The van der Waals surface area contributed by atoms with Crippen molar-refractivity contribution in [1.82, 2.24) is 10.6 Å². The molecule has 0 saturated carbocycles. The quantitative estimate of drug-likeness (QED) is 0.540. The topological polar surface area (TPSA) is 41.1 Å². The van der Waals surface area contributed by atoms with Crippen molar-refractivity contribution in [3.63, 3.8) is 0 Å². The minimum absolute atomic E-state index is 0.135. The molecular formula is C15H24N2OS. The second kappa shape index (κ2) is 9.87. The van der Waals surface area contributed by atoms with Crippen LogP contribution in [0, 0.1) is 0 Å². The summed E-state index contributed by atoms with van der Waals surface area (Å²) in [6.45, 7) is 6.79. The Hall–Kier alpha value is -1.00. The van der Waals surface area contributed by atoms with Crippen LogP contribution in [0.4, 0.5) is 0 Å². The predicted octanol–water partition coefficient (Wildman–Crippen LogP) is 2.80. The van der Waals surface area contributed by atoms with Crippen LogP contribution in [0.5, 0.6) is 0 Å². The maximum atomic E-state index is 11.3. The van der Waals surface area contributed by atoms with Gasteiger partial charge in [-0.2, -0.15) is 0 Å². The highest BCUT2D eigenvalue weighted by molar-refractivity contribution is 7.99. The first kappa shape index (κ1) is 16.1. The lowest BCUT2D eigenvalue weighted by Gasteiger charge is -2.06. The fourth-order valence-corrected chi connectivity index (χ4v) is 2.63. The number of carbonyl (C=O) groups is 1. The zero-order chi connectivity index (χ0) is 13.9. The van der Waals surface area contributed by atoms with Gasteiger partial charge < -0.3 is 10.6 Å². The molecule has 0 radical (unpaired) electrons. The van der Waals surface area contributed by atoms with E-state index in [-0.39, 0.29) is 5.91 Å². The molecule has 1 rings (SSSR count). The highest BCUT2D eigenvalue weighted by Gasteiger charge is 2.01. The zero-order valence-electron chi connectivity index (χ0n) is 11.9. The second-order valence-electron chi connectivity index (χ2n) is 4.38. The summed E-state index contributed by atoms with van der Waals surface area (Å²) in [5, 5.41) is 6.21. The molecule has 1 amide bonds. The van der Waals surface area contributed by atoms with E-state index in [1.807, 2.05) is 6.92 Å². The molecule has 1 aromatic carbocycles. The lowest BCUT2D eigenvalue weighted by molar-refractivity contribution is -0.120. The first-order valence-corrected chi connectivity index (χ1v) is 7.94. The Morgan fingerprint density at radius 2 is 2.16 bits per heavy atom. The first-order chi connectivity index (χ1) is 9.26. The van der Waals surface area contributed by atoms with Gasteiger partial charge in [0, 0.05) is 30.2 Å². The molecule has 19 heavy (non-hydrogen) atoms. The van der Waals surface area contributed by atoms with Crippen LogP contribution in [-0.4, -0.2) is 24.7 Å². The smallest absolute Gasteiger partial charge is 0.220 e. The van der Waals surface area contributed by atoms with Crippen LogP contribution >= 0.6 is 11.8 Å². The third-order valence-electron chi connectivity index (χ3n) is 2.63. The summed E-state index contributed by atoms with van der Waals surface area (Å²) in [6, 6.07) is 8.52. The van der Waals surface area contributed by atoms with E-state index in [9.17, 15) is 4.79 Å². The van der Waals surface area contributed by atoms with Crippen LogP contribution in [0.2, 0.25) is 0 Å². The van der Waals surface area contributed by atoms with Crippen LogP contribution < -0.4 is 10.6 Å². The molecule has 2 N–H and O–H groups in total. The van der Waals surface area contributed by atoms with Gasteiger partial charge in [0.1, 0.15) is 0 Å². The molecule has 0 aliphatic carbocycles. The van der Waals surface area contributed by atoms with Gasteiger partial charge in [-0.05, 0) is 37.6 Å². The van der Waals surface area contributed by atoms with E-state index < -0.39 is 0 Å². The summed E-state index contributed by atoms with van der Waals surface area (Å²) in [5.41, 5.74) is 1.30. The maximum Gasteiger partial charge on any atom is 0.220 e. The van der Waals surface area contributed by atoms with Gasteiger partial charge in [-0.25, -0.2) is 0 Å². The average molecular weight is 280 g/mol. The minimum atomic E-state index is 0.135. The van der Waals surface area contributed by atoms with Gasteiger partial charge in [-0.1, -0.05) is 19.1 Å². The lowest BCUT2D eigenvalue weighted by atomic mass is 10.2. The molecule has 0 unspecified atom stereocenters. The Labute approximate surface area is 120 Å². The molecule has 3 nitrogen and oxygen atoms in total. The Morgan fingerprint density at radius 3 is 2.89 bits per heavy atom. The summed E-state index contributed by atoms with van der Waals surface area (Å²) in [6.07, 6.45) is 1.73. The number of benzene rings is 1. The average Bonchev–Trinajstić information content (AvgIpc) is 2.40. The number of nitrogens with one attached hydrogen (secondary N) is 2. The van der Waals surface area contributed by atoms with E-state index in [0.717, 1.165) is 25.3 Å². The molecular weight excluding hydrogens is 256 g/mol. The molecule has 0 aliphatic rings. The summed E-state index contributed by atoms with van der Waals surface area (Å²) >= 11 is 1.74. The molecule has 0 heterocycles. The van der Waals surface area contributed by atoms with Crippen LogP contribution in [0.3, 0.4) is 0 Å². The first-order valence-electron chi connectivity index (χ1n) is 6.95. The Balaban J connectivity index is 2.33. The molecule has 0 aromatic heterocycles. The van der Waals surface area contributed by atoms with Crippen molar-refractivity contribution >= 4 is 17.7 Å². The van der Waals surface area contributed by atoms with Crippen molar-refractivity contribution < 1.29 is 4.79 Å². The van der Waals surface area contributed by atoms with Gasteiger partial charge >= 0.3 is 0 Å². The fourth-order valence-electron chi connectivity index (χ4n) is 1.70. The van der Waals surface area contributed by atoms with Crippen LogP contribution in [0.25, 0.3) is 0 Å². The van der Waals surface area contributed by atoms with Crippen LogP contribution in [-0.2, 0) is 11.3 Å². The highest BCUT2D eigenvalue weighted by Crippen LogP contribution is 2.19. The molecule has 106 valence electrons. The molecule has 0 aliphatic heterocycles. The minimum Gasteiger partial charge on any atom is -0.356 e. The SMILES string of the molecule is CCCNCc1cccc(SCCC(=O)NCC)c1. The van der Waals surface area contributed by atoms with Gasteiger partial charge in [0.15, 0.2) is 0 Å². The summed E-state index contributed by atoms with van der Waals surface area (Å²) in [4.78, 5) is 12.6. The van der Waals surface area contributed by atoms with E-state index in [2.05, 4.69) is 41.8 Å². The lowest BCUT2D eigenvalue weighted by Crippen LogP contribution is -2.22. The summed E-state index contributed by atoms with van der Waals surface area (Å²) in [7, 11) is 0. The zero-order valence-corrected chi connectivity index (χ0v) is 12.7.